The van der Waals surface area contributed by atoms with Crippen LogP contribution >= 0.6 is 0 Å². The minimum atomic E-state index is -3.36. The van der Waals surface area contributed by atoms with Crippen molar-refractivity contribution in [2.45, 2.75) is 63.2 Å². The summed E-state index contributed by atoms with van der Waals surface area (Å²) < 4.78 is 27.4. The molecule has 0 saturated heterocycles. The monoisotopic (exact) mass is 309 g/mol. The highest BCUT2D eigenvalue weighted by molar-refractivity contribution is 7.89. The Morgan fingerprint density at radius 2 is 1.76 bits per heavy atom. The minimum Gasteiger partial charge on any atom is -0.211 e. The molecule has 0 spiro atoms. The van der Waals surface area contributed by atoms with Crippen molar-refractivity contribution in [3.05, 3.63) is 29.8 Å². The summed E-state index contributed by atoms with van der Waals surface area (Å²) in [7, 11) is -3.36. The van der Waals surface area contributed by atoms with E-state index in [-0.39, 0.29) is 0 Å². The molecule has 21 heavy (non-hydrogen) atoms. The van der Waals surface area contributed by atoms with Gasteiger partial charge in [-0.1, -0.05) is 45.2 Å². The van der Waals surface area contributed by atoms with Crippen molar-refractivity contribution in [1.29, 1.82) is 0 Å². The fraction of sp³-hybridized carbons (Fsp3) is 0.647. The molecule has 3 nitrogen and oxygen atoms in total. The molecule has 1 saturated carbocycles. The van der Waals surface area contributed by atoms with Gasteiger partial charge in [0.15, 0.2) is 0 Å². The molecule has 1 aromatic carbocycles. The van der Waals surface area contributed by atoms with Gasteiger partial charge >= 0.3 is 0 Å². The van der Waals surface area contributed by atoms with Gasteiger partial charge in [0.1, 0.15) is 0 Å². The quantitative estimate of drug-likeness (QED) is 0.861. The van der Waals surface area contributed by atoms with Gasteiger partial charge < -0.3 is 0 Å². The molecule has 0 aliphatic heterocycles. The van der Waals surface area contributed by atoms with E-state index in [0.29, 0.717) is 23.3 Å². The lowest BCUT2D eigenvalue weighted by Crippen LogP contribution is -2.30. The number of benzene rings is 1. The lowest BCUT2D eigenvalue weighted by molar-refractivity contribution is 0.357. The van der Waals surface area contributed by atoms with Crippen LogP contribution in [-0.2, 0) is 10.0 Å². The second-order valence-electron chi connectivity index (χ2n) is 6.23. The summed E-state index contributed by atoms with van der Waals surface area (Å²) >= 11 is 0. The number of nitrogens with one attached hydrogen (secondary N) is 1. The van der Waals surface area contributed by atoms with Crippen LogP contribution < -0.4 is 4.72 Å². The van der Waals surface area contributed by atoms with E-state index in [1.54, 1.807) is 12.1 Å². The molecule has 0 amide bonds. The summed E-state index contributed by atoms with van der Waals surface area (Å²) in [5.74, 6) is 0.977. The molecule has 118 valence electrons. The van der Waals surface area contributed by atoms with Gasteiger partial charge in [-0.2, -0.15) is 0 Å². The normalized spacial score (nSPS) is 18.6. The van der Waals surface area contributed by atoms with Crippen molar-refractivity contribution in [2.75, 3.05) is 6.54 Å². The van der Waals surface area contributed by atoms with Gasteiger partial charge in [-0.25, -0.2) is 13.1 Å². The Bertz CT molecular complexity index is 530. The van der Waals surface area contributed by atoms with Gasteiger partial charge in [-0.3, -0.25) is 0 Å². The van der Waals surface area contributed by atoms with Crippen molar-refractivity contribution in [3.63, 3.8) is 0 Å². The van der Waals surface area contributed by atoms with Crippen LogP contribution in [0, 0.1) is 5.92 Å². The van der Waals surface area contributed by atoms with Crippen LogP contribution in [-0.4, -0.2) is 15.0 Å². The molecule has 1 aromatic rings. The van der Waals surface area contributed by atoms with E-state index in [2.05, 4.69) is 18.6 Å². The molecule has 0 bridgehead atoms. The molecule has 0 aromatic heterocycles. The van der Waals surface area contributed by atoms with Crippen molar-refractivity contribution in [3.8, 4) is 0 Å². The predicted molar refractivity (Wildman–Crippen MR) is 86.9 cm³/mol. The molecule has 2 rings (SSSR count). The van der Waals surface area contributed by atoms with E-state index >= 15 is 0 Å². The standard InChI is InChI=1S/C17H27NO2S/c1-3-14(2)16-9-11-17(12-10-16)21(19,20)18-13-15-7-5-4-6-8-15/h9-12,14-15,18H,3-8,13H2,1-2H3. The minimum absolute atomic E-state index is 0.380. The lowest BCUT2D eigenvalue weighted by atomic mass is 9.90. The Balaban J connectivity index is 1.98. The summed E-state index contributed by atoms with van der Waals surface area (Å²) in [6.07, 6.45) is 7.11. The third kappa shape index (κ3) is 4.55. The van der Waals surface area contributed by atoms with Gasteiger partial charge in [0, 0.05) is 6.54 Å². The van der Waals surface area contributed by atoms with E-state index in [4.69, 9.17) is 0 Å². The lowest BCUT2D eigenvalue weighted by Gasteiger charge is -2.21. The smallest absolute Gasteiger partial charge is 0.211 e. The van der Waals surface area contributed by atoms with Gasteiger partial charge in [0.05, 0.1) is 4.90 Å². The molecule has 4 heteroatoms. The molecule has 0 heterocycles. The van der Waals surface area contributed by atoms with E-state index < -0.39 is 10.0 Å². The van der Waals surface area contributed by atoms with E-state index in [1.165, 1.54) is 24.8 Å². The van der Waals surface area contributed by atoms with Crippen LogP contribution in [0.4, 0.5) is 0 Å². The van der Waals surface area contributed by atoms with Crippen LogP contribution in [0.15, 0.2) is 29.2 Å². The zero-order chi connectivity index (χ0) is 15.3. The molecule has 1 atom stereocenters. The molecule has 1 aliphatic rings. The van der Waals surface area contributed by atoms with Crippen molar-refractivity contribution in [1.82, 2.24) is 4.72 Å². The maximum Gasteiger partial charge on any atom is 0.240 e. The molecule has 0 radical (unpaired) electrons. The summed E-state index contributed by atoms with van der Waals surface area (Å²) in [4.78, 5) is 0.380. The molecule has 1 fully saturated rings. The van der Waals surface area contributed by atoms with Gasteiger partial charge in [-0.15, -0.1) is 0 Å². The third-order valence-corrected chi connectivity index (χ3v) is 6.10. The van der Waals surface area contributed by atoms with Crippen molar-refractivity contribution >= 4 is 10.0 Å². The SMILES string of the molecule is CCC(C)c1ccc(S(=O)(=O)NCC2CCCCC2)cc1. The van der Waals surface area contributed by atoms with E-state index in [0.717, 1.165) is 19.3 Å². The highest BCUT2D eigenvalue weighted by Gasteiger charge is 2.19. The number of hydrogen-bond acceptors (Lipinski definition) is 2. The largest absolute Gasteiger partial charge is 0.240 e. The average molecular weight is 309 g/mol. The Morgan fingerprint density at radius 3 is 2.33 bits per heavy atom. The highest BCUT2D eigenvalue weighted by Crippen LogP contribution is 2.24. The Morgan fingerprint density at radius 1 is 1.14 bits per heavy atom. The molecule has 1 unspecified atom stereocenters. The van der Waals surface area contributed by atoms with E-state index in [1.807, 2.05) is 12.1 Å². The van der Waals surface area contributed by atoms with Gasteiger partial charge in [0.2, 0.25) is 10.0 Å². The first kappa shape index (κ1) is 16.5. The zero-order valence-corrected chi connectivity index (χ0v) is 14.0. The van der Waals surface area contributed by atoms with Gasteiger partial charge in [0.25, 0.3) is 0 Å². The second-order valence-corrected chi connectivity index (χ2v) is 8.00. The maximum atomic E-state index is 12.3. The molecular weight excluding hydrogens is 282 g/mol. The van der Waals surface area contributed by atoms with Gasteiger partial charge in [-0.05, 0) is 48.8 Å². The second kappa shape index (κ2) is 7.41. The fourth-order valence-electron chi connectivity index (χ4n) is 2.91. The number of rotatable bonds is 6. The number of sulfonamides is 1. The van der Waals surface area contributed by atoms with Crippen molar-refractivity contribution < 1.29 is 8.42 Å². The van der Waals surface area contributed by atoms with Crippen LogP contribution in [0.25, 0.3) is 0 Å². The first-order chi connectivity index (χ1) is 10.0. The van der Waals surface area contributed by atoms with Crippen LogP contribution in [0.2, 0.25) is 0 Å². The molecule has 1 N–H and O–H groups in total. The topological polar surface area (TPSA) is 46.2 Å². The Kier molecular flexibility index (Phi) is 5.82. The Hall–Kier alpha value is -0.870. The Labute approximate surface area is 129 Å². The first-order valence-electron chi connectivity index (χ1n) is 8.12. The third-order valence-electron chi connectivity index (χ3n) is 4.66. The van der Waals surface area contributed by atoms with Crippen LogP contribution in [0.1, 0.15) is 63.9 Å². The summed E-state index contributed by atoms with van der Waals surface area (Å²) in [5, 5.41) is 0. The van der Waals surface area contributed by atoms with E-state index in [9.17, 15) is 8.42 Å². The predicted octanol–water partition coefficient (Wildman–Crippen LogP) is 4.06. The summed E-state index contributed by atoms with van der Waals surface area (Å²) in [6, 6.07) is 7.32. The highest BCUT2D eigenvalue weighted by atomic mass is 32.2. The first-order valence-corrected chi connectivity index (χ1v) is 9.61. The summed E-state index contributed by atoms with van der Waals surface area (Å²) in [5.41, 5.74) is 1.20. The summed E-state index contributed by atoms with van der Waals surface area (Å²) in [6.45, 7) is 4.88. The number of hydrogen-bond donors (Lipinski definition) is 1. The zero-order valence-electron chi connectivity index (χ0n) is 13.1. The van der Waals surface area contributed by atoms with Crippen molar-refractivity contribution in [2.24, 2.45) is 5.92 Å². The van der Waals surface area contributed by atoms with Crippen LogP contribution in [0.3, 0.4) is 0 Å². The molecular formula is C17H27NO2S. The fourth-order valence-corrected chi connectivity index (χ4v) is 4.03. The van der Waals surface area contributed by atoms with Crippen LogP contribution in [0.5, 0.6) is 0 Å². The maximum absolute atomic E-state index is 12.3. The average Bonchev–Trinajstić information content (AvgIpc) is 2.53. The molecule has 1 aliphatic carbocycles.